The minimum Gasteiger partial charge on any atom is -0.352 e. The largest absolute Gasteiger partial charge is 0.352 e. The van der Waals surface area contributed by atoms with Gasteiger partial charge >= 0.3 is 0 Å². The van der Waals surface area contributed by atoms with Crippen molar-refractivity contribution in [3.63, 3.8) is 0 Å². The van der Waals surface area contributed by atoms with Crippen LogP contribution in [-0.4, -0.2) is 48.0 Å². The maximum absolute atomic E-state index is 13.1. The van der Waals surface area contributed by atoms with Crippen LogP contribution in [0.2, 0.25) is 0 Å². The zero-order valence-electron chi connectivity index (χ0n) is 19.1. The third-order valence-corrected chi connectivity index (χ3v) is 7.60. The van der Waals surface area contributed by atoms with Gasteiger partial charge in [-0.1, -0.05) is 26.8 Å². The van der Waals surface area contributed by atoms with Gasteiger partial charge in [-0.05, 0) is 62.3 Å². The first kappa shape index (κ1) is 23.5. The molecule has 8 heteroatoms. The summed E-state index contributed by atoms with van der Waals surface area (Å²) in [6.07, 6.45) is 1.03. The molecule has 170 valence electrons. The summed E-state index contributed by atoms with van der Waals surface area (Å²) in [4.78, 5) is 12.9. The van der Waals surface area contributed by atoms with Crippen molar-refractivity contribution in [2.24, 2.45) is 17.8 Å². The minimum atomic E-state index is -3.62. The molecular weight excluding hydrogens is 412 g/mol. The first-order valence-electron chi connectivity index (χ1n) is 11.0. The predicted molar refractivity (Wildman–Crippen MR) is 121 cm³/mol. The summed E-state index contributed by atoms with van der Waals surface area (Å²) < 4.78 is 29.8. The van der Waals surface area contributed by atoms with Crippen LogP contribution in [0.15, 0.2) is 35.2 Å². The van der Waals surface area contributed by atoms with E-state index in [4.69, 9.17) is 0 Å². The van der Waals surface area contributed by atoms with Gasteiger partial charge in [-0.15, -0.1) is 0 Å². The molecule has 0 spiro atoms. The molecule has 2 heterocycles. The van der Waals surface area contributed by atoms with Crippen LogP contribution < -0.4 is 5.32 Å². The van der Waals surface area contributed by atoms with E-state index in [0.717, 1.165) is 17.8 Å². The first-order valence-corrected chi connectivity index (χ1v) is 12.4. The number of sulfonamides is 1. The Hall–Kier alpha value is -2.19. The molecule has 3 unspecified atom stereocenters. The van der Waals surface area contributed by atoms with E-state index in [0.29, 0.717) is 43.6 Å². The van der Waals surface area contributed by atoms with Crippen LogP contribution in [0, 0.1) is 31.6 Å². The minimum absolute atomic E-state index is 0.178. The molecule has 1 aromatic heterocycles. The molecule has 0 bridgehead atoms. The fraction of sp³-hybridized carbons (Fsp3) is 0.565. The van der Waals surface area contributed by atoms with Gasteiger partial charge in [-0.2, -0.15) is 9.40 Å². The number of nitrogens with one attached hydrogen (secondary N) is 1. The van der Waals surface area contributed by atoms with Gasteiger partial charge in [-0.3, -0.25) is 9.48 Å². The van der Waals surface area contributed by atoms with Gasteiger partial charge in [0, 0.05) is 37.4 Å². The van der Waals surface area contributed by atoms with Gasteiger partial charge in [0.25, 0.3) is 5.91 Å². The van der Waals surface area contributed by atoms with Crippen LogP contribution in [0.25, 0.3) is 0 Å². The van der Waals surface area contributed by atoms with E-state index in [9.17, 15) is 13.2 Å². The van der Waals surface area contributed by atoms with Crippen LogP contribution in [-0.2, 0) is 16.6 Å². The molecule has 3 rings (SSSR count). The van der Waals surface area contributed by atoms with E-state index in [-0.39, 0.29) is 16.7 Å². The average Bonchev–Trinajstić information content (AvgIpc) is 3.02. The molecule has 0 aliphatic carbocycles. The van der Waals surface area contributed by atoms with Gasteiger partial charge in [0.15, 0.2) is 0 Å². The molecule has 1 N–H and O–H groups in total. The van der Waals surface area contributed by atoms with E-state index in [2.05, 4.69) is 31.2 Å². The molecule has 0 radical (unpaired) electrons. The van der Waals surface area contributed by atoms with Gasteiger partial charge in [-0.25, -0.2) is 8.42 Å². The number of amides is 1. The highest BCUT2D eigenvalue weighted by molar-refractivity contribution is 7.89. The third-order valence-electron chi connectivity index (χ3n) is 5.77. The average molecular weight is 447 g/mol. The Morgan fingerprint density at radius 3 is 2.48 bits per heavy atom. The third kappa shape index (κ3) is 5.74. The topological polar surface area (TPSA) is 84.3 Å². The Morgan fingerprint density at radius 1 is 1.19 bits per heavy atom. The normalized spacial score (nSPS) is 21.1. The van der Waals surface area contributed by atoms with Crippen molar-refractivity contribution in [1.29, 1.82) is 0 Å². The molecule has 7 nitrogen and oxygen atoms in total. The zero-order chi connectivity index (χ0) is 22.8. The Balaban J connectivity index is 1.65. The molecular formula is C23H34N4O3S. The Kier molecular flexibility index (Phi) is 7.21. The summed E-state index contributed by atoms with van der Waals surface area (Å²) in [7, 11) is -3.62. The van der Waals surface area contributed by atoms with Crippen molar-refractivity contribution in [2.45, 2.75) is 52.5 Å². The lowest BCUT2D eigenvalue weighted by atomic mass is 9.94. The highest BCUT2D eigenvalue weighted by atomic mass is 32.2. The van der Waals surface area contributed by atoms with Crippen LogP contribution in [0.5, 0.6) is 0 Å². The van der Waals surface area contributed by atoms with E-state index >= 15 is 0 Å². The summed E-state index contributed by atoms with van der Waals surface area (Å²) in [6.45, 7) is 12.4. The highest BCUT2D eigenvalue weighted by Crippen LogP contribution is 2.27. The molecule has 1 aliphatic heterocycles. The lowest BCUT2D eigenvalue weighted by Crippen LogP contribution is -2.42. The fourth-order valence-electron chi connectivity index (χ4n) is 4.34. The van der Waals surface area contributed by atoms with Crippen molar-refractivity contribution in [1.82, 2.24) is 19.4 Å². The molecule has 31 heavy (non-hydrogen) atoms. The number of benzene rings is 1. The molecule has 3 atom stereocenters. The van der Waals surface area contributed by atoms with E-state index < -0.39 is 10.0 Å². The van der Waals surface area contributed by atoms with Gasteiger partial charge in [0.2, 0.25) is 10.0 Å². The van der Waals surface area contributed by atoms with Crippen molar-refractivity contribution < 1.29 is 13.2 Å². The van der Waals surface area contributed by atoms with Gasteiger partial charge in [0.05, 0.1) is 10.6 Å². The zero-order valence-corrected chi connectivity index (χ0v) is 19.9. The highest BCUT2D eigenvalue weighted by Gasteiger charge is 2.32. The van der Waals surface area contributed by atoms with Crippen molar-refractivity contribution >= 4 is 15.9 Å². The second-order valence-corrected chi connectivity index (χ2v) is 11.2. The van der Waals surface area contributed by atoms with E-state index in [1.54, 1.807) is 22.5 Å². The number of hydrogen-bond donors (Lipinski definition) is 1. The monoisotopic (exact) mass is 446 g/mol. The number of nitrogens with zero attached hydrogens (tertiary/aromatic N) is 3. The second kappa shape index (κ2) is 9.53. The SMILES string of the molecule is Cc1cc(C)n(CC(C)CNC(=O)c2cccc(S(=O)(=O)N3CC(C)CC(C)C3)c2)n1. The maximum Gasteiger partial charge on any atom is 0.251 e. The Morgan fingerprint density at radius 2 is 1.87 bits per heavy atom. The molecule has 1 amide bonds. The van der Waals surface area contributed by atoms with Crippen molar-refractivity contribution in [3.05, 3.63) is 47.3 Å². The number of carbonyl (C=O) groups is 1. The van der Waals surface area contributed by atoms with Gasteiger partial charge in [0.1, 0.15) is 0 Å². The molecule has 0 saturated carbocycles. The fourth-order valence-corrected chi connectivity index (χ4v) is 6.06. The second-order valence-electron chi connectivity index (χ2n) is 9.22. The maximum atomic E-state index is 13.1. The van der Waals surface area contributed by atoms with Crippen LogP contribution in [0.3, 0.4) is 0 Å². The van der Waals surface area contributed by atoms with Crippen LogP contribution in [0.4, 0.5) is 0 Å². The molecule has 1 aliphatic rings. The molecule has 1 fully saturated rings. The van der Waals surface area contributed by atoms with E-state index in [1.165, 1.54) is 6.07 Å². The van der Waals surface area contributed by atoms with Crippen LogP contribution in [0.1, 0.15) is 48.9 Å². The summed E-state index contributed by atoms with van der Waals surface area (Å²) in [6, 6.07) is 8.38. The lowest BCUT2D eigenvalue weighted by molar-refractivity contribution is 0.0946. The summed E-state index contributed by atoms with van der Waals surface area (Å²) >= 11 is 0. The number of aromatic nitrogens is 2. The quantitative estimate of drug-likeness (QED) is 0.708. The number of carbonyl (C=O) groups excluding carboxylic acids is 1. The number of aryl methyl sites for hydroxylation is 2. The predicted octanol–water partition coefficient (Wildman–Crippen LogP) is 3.23. The number of hydrogen-bond acceptors (Lipinski definition) is 4. The smallest absolute Gasteiger partial charge is 0.251 e. The van der Waals surface area contributed by atoms with Crippen molar-refractivity contribution in [2.75, 3.05) is 19.6 Å². The lowest BCUT2D eigenvalue weighted by Gasteiger charge is -2.34. The summed E-state index contributed by atoms with van der Waals surface area (Å²) in [5.74, 6) is 0.574. The van der Waals surface area contributed by atoms with Crippen LogP contribution >= 0.6 is 0 Å². The number of rotatable bonds is 7. The standard InChI is InChI=1S/C23H34N4O3S/c1-16-9-17(2)14-26(13-16)31(29,30)22-8-6-7-21(11-22)23(28)24-12-18(3)15-27-20(5)10-19(4)25-27/h6-8,10-11,16-18H,9,12-15H2,1-5H3,(H,24,28). The number of piperidine rings is 1. The Labute approximate surface area is 185 Å². The van der Waals surface area contributed by atoms with E-state index in [1.807, 2.05) is 24.6 Å². The molecule has 1 aromatic carbocycles. The van der Waals surface area contributed by atoms with Crippen molar-refractivity contribution in [3.8, 4) is 0 Å². The van der Waals surface area contributed by atoms with Gasteiger partial charge < -0.3 is 5.32 Å². The summed E-state index contributed by atoms with van der Waals surface area (Å²) in [5, 5.41) is 7.39. The molecule has 2 aromatic rings. The Bertz CT molecular complexity index is 1020. The summed E-state index contributed by atoms with van der Waals surface area (Å²) in [5.41, 5.74) is 2.43. The first-order chi connectivity index (χ1) is 14.6. The molecule has 1 saturated heterocycles.